The van der Waals surface area contributed by atoms with Crippen molar-refractivity contribution in [1.29, 1.82) is 0 Å². The quantitative estimate of drug-likeness (QED) is 0.511. The number of carbonyl (C=O) groups excluding carboxylic acids is 2. The Morgan fingerprint density at radius 3 is 2.54 bits per heavy atom. The van der Waals surface area contributed by atoms with Crippen molar-refractivity contribution >= 4 is 39.1 Å². The Hall–Kier alpha value is -1.18. The average Bonchev–Trinajstić information content (AvgIpc) is 3.21. The number of unbranched alkanes of at least 4 members (excludes halogenated alkanes) is 1. The Balaban J connectivity index is 1.29. The first-order chi connectivity index (χ1) is 13.6. The van der Waals surface area contributed by atoms with E-state index in [0.29, 0.717) is 13.0 Å². The van der Waals surface area contributed by atoms with E-state index in [-0.39, 0.29) is 11.8 Å². The molecule has 1 atom stereocenters. The van der Waals surface area contributed by atoms with Gasteiger partial charge in [-0.3, -0.25) is 14.5 Å². The van der Waals surface area contributed by atoms with Gasteiger partial charge >= 0.3 is 0 Å². The molecule has 0 aromatic heterocycles. The number of rotatable bonds is 8. The molecule has 2 heterocycles. The molecule has 154 valence electrons. The number of carbonyl (C=O) groups is 2. The number of nitrogens with zero attached hydrogens (tertiary/aromatic N) is 2. The molecule has 2 aliphatic rings. The minimum atomic E-state index is 0.00609. The fraction of sp³-hybridized carbons (Fsp3) is 0.619. The molecule has 5 nitrogen and oxygen atoms in total. The zero-order valence-electron chi connectivity index (χ0n) is 16.7. The molecule has 0 spiro atoms. The monoisotopic (exact) mass is 421 g/mol. The summed E-state index contributed by atoms with van der Waals surface area (Å²) in [5, 5.41) is 3.74. The summed E-state index contributed by atoms with van der Waals surface area (Å²) < 4.78 is 0. The van der Waals surface area contributed by atoms with Crippen LogP contribution in [0.2, 0.25) is 0 Å². The molecule has 2 saturated heterocycles. The fourth-order valence-corrected chi connectivity index (χ4v) is 6.59. The molecule has 3 rings (SSSR count). The maximum absolute atomic E-state index is 12.4. The molecule has 1 aromatic rings. The lowest BCUT2D eigenvalue weighted by atomic mass is 10.1. The lowest BCUT2D eigenvalue weighted by Gasteiger charge is -2.34. The maximum atomic E-state index is 12.4. The third kappa shape index (κ3) is 7.01. The third-order valence-corrected chi connectivity index (χ3v) is 8.33. The van der Waals surface area contributed by atoms with Crippen molar-refractivity contribution in [3.63, 3.8) is 0 Å². The Bertz CT molecular complexity index is 640. The number of nitrogens with one attached hydrogen (secondary N) is 1. The number of hydrogen-bond acceptors (Lipinski definition) is 5. The van der Waals surface area contributed by atoms with Crippen LogP contribution in [0.1, 0.15) is 37.7 Å². The minimum Gasteiger partial charge on any atom is -0.340 e. The van der Waals surface area contributed by atoms with Crippen molar-refractivity contribution in [2.75, 3.05) is 43.8 Å². The smallest absolute Gasteiger partial charge is 0.238 e. The van der Waals surface area contributed by atoms with Crippen LogP contribution in [0.25, 0.3) is 0 Å². The average molecular weight is 422 g/mol. The van der Waals surface area contributed by atoms with Gasteiger partial charge in [0.15, 0.2) is 0 Å². The van der Waals surface area contributed by atoms with Gasteiger partial charge in [-0.05, 0) is 38.3 Å². The van der Waals surface area contributed by atoms with Gasteiger partial charge < -0.3 is 10.2 Å². The molecule has 0 bridgehead atoms. The van der Waals surface area contributed by atoms with Crippen LogP contribution in [0, 0.1) is 6.92 Å². The van der Waals surface area contributed by atoms with Gasteiger partial charge in [-0.2, -0.15) is 0 Å². The van der Waals surface area contributed by atoms with E-state index in [1.54, 1.807) is 0 Å². The van der Waals surface area contributed by atoms with Gasteiger partial charge in [0, 0.05) is 49.3 Å². The van der Waals surface area contributed by atoms with E-state index in [4.69, 9.17) is 0 Å². The molecule has 28 heavy (non-hydrogen) atoms. The Morgan fingerprint density at radius 2 is 1.86 bits per heavy atom. The highest BCUT2D eigenvalue weighted by molar-refractivity contribution is 8.77. The van der Waals surface area contributed by atoms with Crippen molar-refractivity contribution < 1.29 is 9.59 Å². The standard InChI is InChI=1S/C21H31N3O2S2/c1-17-6-8-18(9-7-17)22-20(25)16-23-11-13-24(14-12-23)21(26)5-3-2-4-19-10-15-27-28-19/h6-9,19H,2-5,10-16H2,1H3,(H,22,25). The number of anilines is 1. The lowest BCUT2D eigenvalue weighted by molar-refractivity contribution is -0.133. The molecule has 1 N–H and O–H groups in total. The van der Waals surface area contributed by atoms with Crippen LogP contribution in [-0.4, -0.2) is 65.3 Å². The van der Waals surface area contributed by atoms with Crippen LogP contribution >= 0.6 is 21.6 Å². The van der Waals surface area contributed by atoms with Gasteiger partial charge in [0.05, 0.1) is 6.54 Å². The second kappa shape index (κ2) is 11.1. The summed E-state index contributed by atoms with van der Waals surface area (Å²) in [5.41, 5.74) is 2.01. The van der Waals surface area contributed by atoms with Gasteiger partial charge in [0.25, 0.3) is 0 Å². The number of benzene rings is 1. The van der Waals surface area contributed by atoms with Gasteiger partial charge in [0.2, 0.25) is 11.8 Å². The van der Waals surface area contributed by atoms with Crippen LogP contribution in [-0.2, 0) is 9.59 Å². The van der Waals surface area contributed by atoms with Gasteiger partial charge in [-0.1, -0.05) is 45.7 Å². The van der Waals surface area contributed by atoms with Crippen LogP contribution in [0.4, 0.5) is 5.69 Å². The van der Waals surface area contributed by atoms with E-state index in [2.05, 4.69) is 10.2 Å². The van der Waals surface area contributed by atoms with Gasteiger partial charge in [0.1, 0.15) is 0 Å². The Kier molecular flexibility index (Phi) is 8.55. The molecule has 1 unspecified atom stereocenters. The maximum Gasteiger partial charge on any atom is 0.238 e. The second-order valence-corrected chi connectivity index (χ2v) is 10.4. The zero-order chi connectivity index (χ0) is 19.8. The number of aryl methyl sites for hydroxylation is 1. The predicted molar refractivity (Wildman–Crippen MR) is 120 cm³/mol. The number of amides is 2. The zero-order valence-corrected chi connectivity index (χ0v) is 18.3. The second-order valence-electron chi connectivity index (χ2n) is 7.65. The van der Waals surface area contributed by atoms with E-state index < -0.39 is 0 Å². The van der Waals surface area contributed by atoms with Gasteiger partial charge in [-0.15, -0.1) is 0 Å². The first-order valence-electron chi connectivity index (χ1n) is 10.2. The molecule has 2 aliphatic heterocycles. The van der Waals surface area contributed by atoms with Crippen LogP contribution < -0.4 is 5.32 Å². The van der Waals surface area contributed by atoms with Crippen molar-refractivity contribution in [2.24, 2.45) is 0 Å². The SMILES string of the molecule is Cc1ccc(NC(=O)CN2CCN(C(=O)CCCCC3CCSS3)CC2)cc1. The van der Waals surface area contributed by atoms with E-state index in [0.717, 1.165) is 50.0 Å². The number of piperazine rings is 1. The van der Waals surface area contributed by atoms with E-state index in [1.807, 2.05) is 57.7 Å². The van der Waals surface area contributed by atoms with E-state index in [1.165, 1.54) is 24.2 Å². The largest absolute Gasteiger partial charge is 0.340 e. The van der Waals surface area contributed by atoms with E-state index in [9.17, 15) is 9.59 Å². The van der Waals surface area contributed by atoms with Crippen molar-refractivity contribution in [3.8, 4) is 0 Å². The summed E-state index contributed by atoms with van der Waals surface area (Å²) in [7, 11) is 4.00. The Morgan fingerprint density at radius 1 is 1.11 bits per heavy atom. The fourth-order valence-electron chi connectivity index (χ4n) is 3.57. The normalized spacial score (nSPS) is 20.3. The Labute approximate surface area is 176 Å². The summed E-state index contributed by atoms with van der Waals surface area (Å²) >= 11 is 0. The van der Waals surface area contributed by atoms with Crippen molar-refractivity contribution in [2.45, 2.75) is 44.3 Å². The van der Waals surface area contributed by atoms with Crippen LogP contribution in [0.3, 0.4) is 0 Å². The van der Waals surface area contributed by atoms with Crippen molar-refractivity contribution in [3.05, 3.63) is 29.8 Å². The highest BCUT2D eigenvalue weighted by atomic mass is 33.1. The third-order valence-electron chi connectivity index (χ3n) is 5.32. The summed E-state index contributed by atoms with van der Waals surface area (Å²) in [5.74, 6) is 1.56. The minimum absolute atomic E-state index is 0.00609. The summed E-state index contributed by atoms with van der Waals surface area (Å²) in [6, 6.07) is 7.83. The first kappa shape index (κ1) is 21.5. The molecule has 0 aliphatic carbocycles. The summed E-state index contributed by atoms with van der Waals surface area (Å²) in [6.07, 6.45) is 5.39. The highest BCUT2D eigenvalue weighted by Gasteiger charge is 2.22. The van der Waals surface area contributed by atoms with Crippen LogP contribution in [0.15, 0.2) is 24.3 Å². The molecule has 0 radical (unpaired) electrons. The van der Waals surface area contributed by atoms with E-state index >= 15 is 0 Å². The molecule has 2 amide bonds. The molecule has 7 heteroatoms. The van der Waals surface area contributed by atoms with Crippen LogP contribution in [0.5, 0.6) is 0 Å². The molecule has 0 saturated carbocycles. The molecular formula is C21H31N3O2S2. The predicted octanol–water partition coefficient (Wildman–Crippen LogP) is 3.79. The molecule has 1 aromatic carbocycles. The summed E-state index contributed by atoms with van der Waals surface area (Å²) in [4.78, 5) is 28.7. The number of hydrogen-bond donors (Lipinski definition) is 1. The lowest BCUT2D eigenvalue weighted by Crippen LogP contribution is -2.50. The topological polar surface area (TPSA) is 52.7 Å². The molecular weight excluding hydrogens is 390 g/mol. The first-order valence-corrected chi connectivity index (χ1v) is 12.6. The highest BCUT2D eigenvalue weighted by Crippen LogP contribution is 2.39. The molecule has 2 fully saturated rings. The van der Waals surface area contributed by atoms with Crippen molar-refractivity contribution in [1.82, 2.24) is 9.80 Å². The van der Waals surface area contributed by atoms with Gasteiger partial charge in [-0.25, -0.2) is 0 Å². The summed E-state index contributed by atoms with van der Waals surface area (Å²) in [6.45, 7) is 5.40.